The Morgan fingerprint density at radius 1 is 0.651 bits per heavy atom. The number of nitrogens with zero attached hydrogens (tertiary/aromatic N) is 1. The van der Waals surface area contributed by atoms with Crippen molar-refractivity contribution in [3.63, 3.8) is 0 Å². The van der Waals surface area contributed by atoms with Gasteiger partial charge in [-0.15, -0.1) is 0 Å². The summed E-state index contributed by atoms with van der Waals surface area (Å²) >= 11 is 1.46. The van der Waals surface area contributed by atoms with E-state index < -0.39 is 115 Å². The number of thioether (sulfide) groups is 1. The second kappa shape index (κ2) is 26.7. The quantitative estimate of drug-likeness (QED) is 0.0526. The zero-order valence-corrected chi connectivity index (χ0v) is 36.7. The minimum absolute atomic E-state index is 0.0682. The van der Waals surface area contributed by atoms with Gasteiger partial charge in [-0.2, -0.15) is 11.8 Å². The van der Waals surface area contributed by atoms with Crippen LogP contribution in [-0.2, 0) is 60.8 Å². The number of carboxylic acid groups (broad SMARTS) is 2. The van der Waals surface area contributed by atoms with Gasteiger partial charge < -0.3 is 52.7 Å². The van der Waals surface area contributed by atoms with Gasteiger partial charge in [-0.25, -0.2) is 0 Å². The third-order valence-corrected chi connectivity index (χ3v) is 10.1. The van der Waals surface area contributed by atoms with Crippen molar-refractivity contribution in [1.29, 1.82) is 0 Å². The van der Waals surface area contributed by atoms with Crippen LogP contribution in [-0.4, -0.2) is 136 Å². The maximum atomic E-state index is 14.5. The van der Waals surface area contributed by atoms with Crippen molar-refractivity contribution in [1.82, 2.24) is 36.8 Å². The average molecular weight is 899 g/mol. The first-order chi connectivity index (χ1) is 29.7. The van der Waals surface area contributed by atoms with Gasteiger partial charge in [-0.3, -0.25) is 47.9 Å². The first-order valence-corrected chi connectivity index (χ1v) is 21.4. The first-order valence-electron chi connectivity index (χ1n) is 20.0. The fourth-order valence-electron chi connectivity index (χ4n) is 6.28. The summed E-state index contributed by atoms with van der Waals surface area (Å²) in [5.41, 5.74) is 6.65. The summed E-state index contributed by atoms with van der Waals surface area (Å²) < 4.78 is 0. The fourth-order valence-corrected chi connectivity index (χ4v) is 6.75. The summed E-state index contributed by atoms with van der Waals surface area (Å²) in [6.45, 7) is 4.07. The Kier molecular flexibility index (Phi) is 22.3. The number of nitrogens with two attached hydrogens (primary N) is 1. The van der Waals surface area contributed by atoms with E-state index >= 15 is 0 Å². The van der Waals surface area contributed by atoms with Gasteiger partial charge in [0, 0.05) is 26.8 Å². The van der Waals surface area contributed by atoms with Crippen LogP contribution < -0.4 is 37.6 Å². The molecule has 0 aliphatic carbocycles. The number of benzene rings is 2. The third kappa shape index (κ3) is 19.4. The van der Waals surface area contributed by atoms with E-state index in [0.717, 1.165) is 11.8 Å². The molecule has 0 aromatic heterocycles. The van der Waals surface area contributed by atoms with Gasteiger partial charge >= 0.3 is 11.9 Å². The number of rotatable bonds is 27. The lowest BCUT2D eigenvalue weighted by Gasteiger charge is -2.32. The van der Waals surface area contributed by atoms with E-state index in [-0.39, 0.29) is 31.6 Å². The molecule has 2 aromatic rings. The molecule has 0 aliphatic heterocycles. The number of carbonyl (C=O) groups is 10. The normalized spacial score (nSPS) is 13.7. The summed E-state index contributed by atoms with van der Waals surface area (Å²) in [4.78, 5) is 130. The standard InChI is InChI=1S/C42H58N8O12S/c1-24(2)18-29(38(58)47-28(37(43)57)16-17-63-5)46-34(52)23-44-41(61)33(20-27-14-10-7-11-15-27)50(4)42(62)32(19-26-12-8-6-9-13-26)49-40(60)31(22-36(55)56)48-39(59)30(21-35(53)54)45-25(3)51/h6-15,24,28-33H,16-23H2,1-5H3,(H2,43,57)(H,44,61)(H,45,51)(H,46,52)(H,47,58)(H,48,59)(H,49,60)(H,53,54)(H,55,56)/t28-,29-,30-,31+,32-,33-/m0/s1. The number of carbonyl (C=O) groups excluding carboxylic acids is 8. The van der Waals surface area contributed by atoms with Crippen LogP contribution in [0, 0.1) is 5.92 Å². The molecule has 20 nitrogen and oxygen atoms in total. The van der Waals surface area contributed by atoms with Crippen molar-refractivity contribution in [2.75, 3.05) is 25.6 Å². The van der Waals surface area contributed by atoms with Gasteiger partial charge in [0.1, 0.15) is 36.3 Å². The van der Waals surface area contributed by atoms with Crippen LogP contribution in [0.3, 0.4) is 0 Å². The van der Waals surface area contributed by atoms with E-state index in [1.54, 1.807) is 60.7 Å². The number of nitrogens with one attached hydrogen (secondary N) is 6. The Bertz CT molecular complexity index is 1900. The predicted molar refractivity (Wildman–Crippen MR) is 231 cm³/mol. The number of aliphatic carboxylic acids is 2. The van der Waals surface area contributed by atoms with Gasteiger partial charge in [0.05, 0.1) is 19.4 Å². The number of hydrogen-bond donors (Lipinski definition) is 9. The molecule has 0 heterocycles. The summed E-state index contributed by atoms with van der Waals surface area (Å²) in [7, 11) is 1.30. The largest absolute Gasteiger partial charge is 0.481 e. The lowest BCUT2D eigenvalue weighted by Crippen LogP contribution is -2.60. The average Bonchev–Trinajstić information content (AvgIpc) is 3.21. The van der Waals surface area contributed by atoms with Gasteiger partial charge in [0.25, 0.3) is 0 Å². The number of likely N-dealkylation sites (N-methyl/N-ethyl adjacent to an activating group) is 1. The van der Waals surface area contributed by atoms with Gasteiger partial charge in [-0.05, 0) is 41.9 Å². The molecule has 21 heteroatoms. The van der Waals surface area contributed by atoms with Crippen LogP contribution in [0.5, 0.6) is 0 Å². The van der Waals surface area contributed by atoms with Gasteiger partial charge in [0.2, 0.25) is 47.3 Å². The molecule has 2 rings (SSSR count). The van der Waals surface area contributed by atoms with Crippen LogP contribution in [0.1, 0.15) is 57.6 Å². The van der Waals surface area contributed by atoms with E-state index in [2.05, 4.69) is 31.9 Å². The Balaban J connectivity index is 2.42. The van der Waals surface area contributed by atoms with E-state index in [4.69, 9.17) is 5.73 Å². The molecule has 0 bridgehead atoms. The molecule has 344 valence electrons. The highest BCUT2D eigenvalue weighted by Gasteiger charge is 2.36. The summed E-state index contributed by atoms with van der Waals surface area (Å²) in [5.74, 6) is -9.33. The van der Waals surface area contributed by atoms with Crippen molar-refractivity contribution in [3.05, 3.63) is 71.8 Å². The maximum absolute atomic E-state index is 14.5. The Labute approximate surface area is 369 Å². The van der Waals surface area contributed by atoms with E-state index in [1.807, 2.05) is 20.1 Å². The van der Waals surface area contributed by atoms with Crippen LogP contribution >= 0.6 is 11.8 Å². The van der Waals surface area contributed by atoms with Crippen LogP contribution in [0.2, 0.25) is 0 Å². The topological polar surface area (TPSA) is 313 Å². The Morgan fingerprint density at radius 3 is 1.60 bits per heavy atom. The summed E-state index contributed by atoms with van der Waals surface area (Å²) in [6.07, 6.45) is 0.174. The molecular formula is C42H58N8O12S. The van der Waals surface area contributed by atoms with Crippen molar-refractivity contribution in [2.45, 2.75) is 95.5 Å². The molecule has 0 unspecified atom stereocenters. The zero-order valence-electron chi connectivity index (χ0n) is 35.9. The smallest absolute Gasteiger partial charge is 0.305 e. The molecule has 0 radical (unpaired) electrons. The zero-order chi connectivity index (χ0) is 47.2. The Morgan fingerprint density at radius 2 is 1.13 bits per heavy atom. The van der Waals surface area contributed by atoms with Crippen LogP contribution in [0.25, 0.3) is 0 Å². The third-order valence-electron chi connectivity index (χ3n) is 9.42. The predicted octanol–water partition coefficient (Wildman–Crippen LogP) is -0.907. The second-order valence-corrected chi connectivity index (χ2v) is 16.1. The highest BCUT2D eigenvalue weighted by Crippen LogP contribution is 2.14. The van der Waals surface area contributed by atoms with E-state index in [1.165, 1.54) is 18.8 Å². The lowest BCUT2D eigenvalue weighted by atomic mass is 10.0. The van der Waals surface area contributed by atoms with Crippen molar-refractivity contribution in [2.24, 2.45) is 11.7 Å². The number of hydrogen-bond acceptors (Lipinski definition) is 11. The van der Waals surface area contributed by atoms with Crippen molar-refractivity contribution >= 4 is 71.0 Å². The van der Waals surface area contributed by atoms with Crippen molar-refractivity contribution in [3.8, 4) is 0 Å². The molecule has 0 spiro atoms. The lowest BCUT2D eigenvalue weighted by molar-refractivity contribution is -0.144. The van der Waals surface area contributed by atoms with E-state index in [9.17, 15) is 58.2 Å². The van der Waals surface area contributed by atoms with Crippen molar-refractivity contribution < 1.29 is 58.2 Å². The highest BCUT2D eigenvalue weighted by molar-refractivity contribution is 7.98. The number of primary amides is 1. The summed E-state index contributed by atoms with van der Waals surface area (Å²) in [6, 6.07) is 8.61. The molecule has 2 aromatic carbocycles. The molecule has 0 fully saturated rings. The molecule has 0 aliphatic rings. The second-order valence-electron chi connectivity index (χ2n) is 15.1. The summed E-state index contributed by atoms with van der Waals surface area (Å²) in [5, 5.41) is 33.4. The molecule has 10 N–H and O–H groups in total. The first kappa shape index (κ1) is 52.6. The van der Waals surface area contributed by atoms with Gasteiger partial charge in [0.15, 0.2) is 0 Å². The monoisotopic (exact) mass is 898 g/mol. The van der Waals surface area contributed by atoms with Crippen LogP contribution in [0.4, 0.5) is 0 Å². The molecule has 0 saturated carbocycles. The molecular weight excluding hydrogens is 841 g/mol. The SMILES string of the molecule is CSCC[C@H](NC(=O)[C@H](CC(C)C)NC(=O)CNC(=O)[C@H](Cc1ccccc1)N(C)C(=O)[C@H](Cc1ccccc1)NC(=O)[C@@H](CC(=O)O)NC(=O)[C@H](CC(=O)O)NC(C)=O)C(N)=O. The highest BCUT2D eigenvalue weighted by atomic mass is 32.2. The minimum atomic E-state index is -1.85. The molecule has 63 heavy (non-hydrogen) atoms. The number of carboxylic acids is 2. The molecule has 0 saturated heterocycles. The van der Waals surface area contributed by atoms with E-state index in [0.29, 0.717) is 16.9 Å². The minimum Gasteiger partial charge on any atom is -0.481 e. The molecule has 6 atom stereocenters. The van der Waals surface area contributed by atoms with Gasteiger partial charge in [-0.1, -0.05) is 74.5 Å². The maximum Gasteiger partial charge on any atom is 0.305 e. The van der Waals surface area contributed by atoms with Crippen LogP contribution in [0.15, 0.2) is 60.7 Å². The fraction of sp³-hybridized carbons (Fsp3) is 0.476. The Hall–Kier alpha value is -6.51. The number of amides is 8. The molecule has 8 amide bonds.